The summed E-state index contributed by atoms with van der Waals surface area (Å²) in [5.41, 5.74) is -0.380. The van der Waals surface area contributed by atoms with Crippen LogP contribution in [-0.4, -0.2) is 34.1 Å². The molecule has 0 radical (unpaired) electrons. The van der Waals surface area contributed by atoms with Crippen LogP contribution in [0.5, 0.6) is 0 Å². The quantitative estimate of drug-likeness (QED) is 0.811. The summed E-state index contributed by atoms with van der Waals surface area (Å²) in [5.74, 6) is -1.55. The molecule has 0 aromatic heterocycles. The third-order valence-corrected chi connectivity index (χ3v) is 3.22. The monoisotopic (exact) mass is 290 g/mol. The Bertz CT molecular complexity index is 574. The number of carbonyl (C=O) groups is 1. The van der Waals surface area contributed by atoms with E-state index in [0.717, 1.165) is 18.2 Å². The Morgan fingerprint density at radius 3 is 2.68 bits per heavy atom. The molecule has 6 nitrogen and oxygen atoms in total. The van der Waals surface area contributed by atoms with Crippen LogP contribution in [0.15, 0.2) is 23.1 Å². The maximum atomic E-state index is 13.5. The van der Waals surface area contributed by atoms with Gasteiger partial charge in [-0.05, 0) is 25.1 Å². The number of carbonyl (C=O) groups excluding carboxylic acids is 1. The fourth-order valence-electron chi connectivity index (χ4n) is 1.45. The minimum Gasteiger partial charge on any atom is -0.383 e. The fraction of sp³-hybridized carbons (Fsp3) is 0.364. The zero-order valence-electron chi connectivity index (χ0n) is 10.5. The number of methoxy groups -OCH3 is 1. The second-order valence-corrected chi connectivity index (χ2v) is 5.58. The van der Waals surface area contributed by atoms with E-state index in [-0.39, 0.29) is 23.1 Å². The van der Waals surface area contributed by atoms with Gasteiger partial charge >= 0.3 is 0 Å². The molecule has 0 heterocycles. The molecule has 1 unspecified atom stereocenters. The lowest BCUT2D eigenvalue weighted by atomic mass is 10.2. The largest absolute Gasteiger partial charge is 0.383 e. The van der Waals surface area contributed by atoms with Gasteiger partial charge in [-0.1, -0.05) is 0 Å². The summed E-state index contributed by atoms with van der Waals surface area (Å²) < 4.78 is 40.6. The number of primary sulfonamides is 1. The molecule has 0 bridgehead atoms. The minimum absolute atomic E-state index is 0.252. The number of hydrogen-bond acceptors (Lipinski definition) is 4. The molecule has 3 N–H and O–H groups in total. The first kappa shape index (κ1) is 15.5. The lowest BCUT2D eigenvalue weighted by molar-refractivity contribution is 0.0901. The molecule has 19 heavy (non-hydrogen) atoms. The summed E-state index contributed by atoms with van der Waals surface area (Å²) in [6, 6.07) is 2.45. The molecule has 0 spiro atoms. The van der Waals surface area contributed by atoms with Gasteiger partial charge in [-0.3, -0.25) is 4.79 Å². The van der Waals surface area contributed by atoms with E-state index in [2.05, 4.69) is 5.32 Å². The Labute approximate surface area is 110 Å². The molecule has 0 aliphatic heterocycles. The van der Waals surface area contributed by atoms with Gasteiger partial charge in [0.25, 0.3) is 5.91 Å². The summed E-state index contributed by atoms with van der Waals surface area (Å²) in [7, 11) is -2.52. The number of nitrogens with two attached hydrogens (primary N) is 1. The Hall–Kier alpha value is -1.51. The summed E-state index contributed by atoms with van der Waals surface area (Å²) in [5, 5.41) is 7.40. The third kappa shape index (κ3) is 4.27. The van der Waals surface area contributed by atoms with Gasteiger partial charge in [-0.15, -0.1) is 0 Å². The molecule has 1 aromatic carbocycles. The maximum Gasteiger partial charge on any atom is 0.254 e. The molecule has 1 amide bonds. The van der Waals surface area contributed by atoms with Crippen molar-refractivity contribution in [1.29, 1.82) is 0 Å². The zero-order chi connectivity index (χ0) is 14.6. The first-order chi connectivity index (χ1) is 8.75. The second kappa shape index (κ2) is 6.09. The van der Waals surface area contributed by atoms with Crippen molar-refractivity contribution in [2.75, 3.05) is 13.7 Å². The van der Waals surface area contributed by atoms with Gasteiger partial charge in [-0.25, -0.2) is 17.9 Å². The van der Waals surface area contributed by atoms with E-state index in [1.807, 2.05) is 0 Å². The summed E-state index contributed by atoms with van der Waals surface area (Å²) >= 11 is 0. The Morgan fingerprint density at radius 1 is 1.53 bits per heavy atom. The van der Waals surface area contributed by atoms with Gasteiger partial charge in [0.2, 0.25) is 10.0 Å². The maximum absolute atomic E-state index is 13.5. The first-order valence-electron chi connectivity index (χ1n) is 5.38. The van der Waals surface area contributed by atoms with Gasteiger partial charge in [0.15, 0.2) is 0 Å². The van der Waals surface area contributed by atoms with E-state index in [0.29, 0.717) is 0 Å². The molecule has 1 aromatic rings. The van der Waals surface area contributed by atoms with Crippen molar-refractivity contribution in [2.24, 2.45) is 5.14 Å². The number of halogens is 1. The summed E-state index contributed by atoms with van der Waals surface area (Å²) in [4.78, 5) is 11.5. The van der Waals surface area contributed by atoms with Crippen LogP contribution in [0.25, 0.3) is 0 Å². The molecule has 0 saturated carbocycles. The molecule has 8 heteroatoms. The van der Waals surface area contributed by atoms with Crippen molar-refractivity contribution < 1.29 is 22.3 Å². The highest BCUT2D eigenvalue weighted by atomic mass is 32.2. The number of ether oxygens (including phenoxy) is 1. The number of hydrogen-bond donors (Lipinski definition) is 2. The van der Waals surface area contributed by atoms with Crippen molar-refractivity contribution in [3.8, 4) is 0 Å². The van der Waals surface area contributed by atoms with Gasteiger partial charge in [0.05, 0.1) is 17.1 Å². The second-order valence-electron chi connectivity index (χ2n) is 4.02. The van der Waals surface area contributed by atoms with Crippen molar-refractivity contribution in [3.05, 3.63) is 29.6 Å². The molecule has 0 aliphatic rings. The normalized spacial score (nSPS) is 13.1. The standard InChI is InChI=1S/C11H15FN2O4S/c1-7(6-18-2)14-11(15)9-5-8(19(13,16)17)3-4-10(9)12/h3-5,7H,6H2,1-2H3,(H,14,15)(H2,13,16,17). The van der Waals surface area contributed by atoms with Gasteiger partial charge in [-0.2, -0.15) is 0 Å². The van der Waals surface area contributed by atoms with Crippen molar-refractivity contribution in [2.45, 2.75) is 17.9 Å². The van der Waals surface area contributed by atoms with E-state index in [4.69, 9.17) is 9.88 Å². The van der Waals surface area contributed by atoms with Crippen molar-refractivity contribution in [1.82, 2.24) is 5.32 Å². The molecular weight excluding hydrogens is 275 g/mol. The predicted octanol–water partition coefficient (Wildman–Crippen LogP) is 0.238. The Kier molecular flexibility index (Phi) is 4.98. The average Bonchev–Trinajstić information content (AvgIpc) is 2.27. The highest BCUT2D eigenvalue weighted by Crippen LogP contribution is 2.14. The first-order valence-corrected chi connectivity index (χ1v) is 6.92. The van der Waals surface area contributed by atoms with Crippen LogP contribution in [0.3, 0.4) is 0 Å². The lowest BCUT2D eigenvalue weighted by Gasteiger charge is -2.13. The summed E-state index contributed by atoms with van der Waals surface area (Å²) in [6.45, 7) is 1.92. The van der Waals surface area contributed by atoms with E-state index >= 15 is 0 Å². The topological polar surface area (TPSA) is 98.5 Å². The number of benzene rings is 1. The van der Waals surface area contributed by atoms with Gasteiger partial charge < -0.3 is 10.1 Å². The fourth-order valence-corrected chi connectivity index (χ4v) is 1.99. The van der Waals surface area contributed by atoms with Crippen LogP contribution >= 0.6 is 0 Å². The van der Waals surface area contributed by atoms with E-state index < -0.39 is 21.7 Å². The van der Waals surface area contributed by atoms with Crippen molar-refractivity contribution >= 4 is 15.9 Å². The lowest BCUT2D eigenvalue weighted by Crippen LogP contribution is -2.36. The Balaban J connectivity index is 3.03. The van der Waals surface area contributed by atoms with Crippen molar-refractivity contribution in [3.63, 3.8) is 0 Å². The van der Waals surface area contributed by atoms with Crippen LogP contribution in [0.1, 0.15) is 17.3 Å². The van der Waals surface area contributed by atoms with E-state index in [9.17, 15) is 17.6 Å². The van der Waals surface area contributed by atoms with Crippen LogP contribution in [0, 0.1) is 5.82 Å². The zero-order valence-corrected chi connectivity index (χ0v) is 11.3. The van der Waals surface area contributed by atoms with Gasteiger partial charge in [0, 0.05) is 13.2 Å². The molecule has 1 rings (SSSR count). The van der Waals surface area contributed by atoms with Crippen LogP contribution < -0.4 is 10.5 Å². The number of amides is 1. The number of nitrogens with one attached hydrogen (secondary N) is 1. The molecular formula is C11H15FN2O4S. The Morgan fingerprint density at radius 2 is 2.16 bits per heavy atom. The highest BCUT2D eigenvalue weighted by molar-refractivity contribution is 7.89. The number of rotatable bonds is 5. The molecule has 0 aliphatic carbocycles. The molecule has 0 saturated heterocycles. The minimum atomic E-state index is -3.99. The predicted molar refractivity (Wildman–Crippen MR) is 66.6 cm³/mol. The van der Waals surface area contributed by atoms with E-state index in [1.165, 1.54) is 7.11 Å². The SMILES string of the molecule is COCC(C)NC(=O)c1cc(S(N)(=O)=O)ccc1F. The smallest absolute Gasteiger partial charge is 0.254 e. The highest BCUT2D eigenvalue weighted by Gasteiger charge is 2.18. The molecule has 1 atom stereocenters. The van der Waals surface area contributed by atoms with Crippen LogP contribution in [0.2, 0.25) is 0 Å². The molecule has 0 fully saturated rings. The summed E-state index contributed by atoms with van der Waals surface area (Å²) in [6.07, 6.45) is 0. The molecule has 106 valence electrons. The van der Waals surface area contributed by atoms with Crippen LogP contribution in [-0.2, 0) is 14.8 Å². The third-order valence-electron chi connectivity index (χ3n) is 2.31. The van der Waals surface area contributed by atoms with Gasteiger partial charge in [0.1, 0.15) is 5.82 Å². The number of sulfonamides is 1. The van der Waals surface area contributed by atoms with Crippen LogP contribution in [0.4, 0.5) is 4.39 Å². The average molecular weight is 290 g/mol. The van der Waals surface area contributed by atoms with E-state index in [1.54, 1.807) is 6.92 Å².